The standard InChI is InChI=1S/C23H28N4O2/c1-19-18-29-21-9-3-2-8-20(21)23(28)27(19)13-7-6-12-25-14-16-26(17-15-25)22-10-4-5-11-24-22/h2-5,8-11,18H,6-7,12-17H2,1H3. The van der Waals surface area contributed by atoms with Crippen LogP contribution in [0.1, 0.15) is 30.1 Å². The summed E-state index contributed by atoms with van der Waals surface area (Å²) >= 11 is 0. The van der Waals surface area contributed by atoms with Crippen LogP contribution < -0.4 is 9.64 Å². The smallest absolute Gasteiger partial charge is 0.261 e. The summed E-state index contributed by atoms with van der Waals surface area (Å²) in [5.41, 5.74) is 1.49. The molecule has 0 unspecified atom stereocenters. The van der Waals surface area contributed by atoms with Gasteiger partial charge in [0, 0.05) is 38.9 Å². The zero-order valence-corrected chi connectivity index (χ0v) is 17.0. The average molecular weight is 393 g/mol. The molecule has 1 fully saturated rings. The van der Waals surface area contributed by atoms with E-state index in [4.69, 9.17) is 4.74 Å². The van der Waals surface area contributed by atoms with Crippen LogP contribution in [0.2, 0.25) is 0 Å². The minimum absolute atomic E-state index is 0.0239. The van der Waals surface area contributed by atoms with Gasteiger partial charge in [-0.15, -0.1) is 0 Å². The van der Waals surface area contributed by atoms with Crippen LogP contribution >= 0.6 is 0 Å². The highest BCUT2D eigenvalue weighted by Crippen LogP contribution is 2.25. The Kier molecular flexibility index (Phi) is 6.10. The van der Waals surface area contributed by atoms with Crippen LogP contribution in [0.15, 0.2) is 60.6 Å². The summed E-state index contributed by atoms with van der Waals surface area (Å²) in [5.74, 6) is 1.72. The Labute approximate surface area is 172 Å². The van der Waals surface area contributed by atoms with Crippen molar-refractivity contribution in [1.82, 2.24) is 14.8 Å². The molecule has 1 aromatic carbocycles. The molecule has 6 nitrogen and oxygen atoms in total. The molecular weight excluding hydrogens is 364 g/mol. The number of fused-ring (bicyclic) bond motifs is 1. The molecule has 2 aromatic rings. The zero-order valence-electron chi connectivity index (χ0n) is 17.0. The maximum absolute atomic E-state index is 12.9. The van der Waals surface area contributed by atoms with Crippen molar-refractivity contribution in [3.05, 3.63) is 66.2 Å². The molecule has 2 aliphatic rings. The van der Waals surface area contributed by atoms with Gasteiger partial charge in [-0.05, 0) is 50.6 Å². The highest BCUT2D eigenvalue weighted by atomic mass is 16.5. The summed E-state index contributed by atoms with van der Waals surface area (Å²) in [5, 5.41) is 0. The average Bonchev–Trinajstić information content (AvgIpc) is 2.89. The predicted molar refractivity (Wildman–Crippen MR) is 114 cm³/mol. The minimum atomic E-state index is 0.0239. The van der Waals surface area contributed by atoms with E-state index >= 15 is 0 Å². The number of anilines is 1. The molecular formula is C23H28N4O2. The van der Waals surface area contributed by atoms with E-state index in [0.717, 1.165) is 57.1 Å². The second kappa shape index (κ2) is 9.09. The van der Waals surface area contributed by atoms with E-state index < -0.39 is 0 Å². The lowest BCUT2D eigenvalue weighted by Crippen LogP contribution is -2.47. The summed E-state index contributed by atoms with van der Waals surface area (Å²) in [4.78, 5) is 24.0. The number of aromatic nitrogens is 1. The van der Waals surface area contributed by atoms with Gasteiger partial charge in [-0.1, -0.05) is 18.2 Å². The molecule has 1 aromatic heterocycles. The molecule has 0 atom stereocenters. The second-order valence-corrected chi connectivity index (χ2v) is 7.55. The van der Waals surface area contributed by atoms with Gasteiger partial charge in [0.15, 0.2) is 0 Å². The first-order chi connectivity index (χ1) is 14.2. The Morgan fingerprint density at radius 3 is 2.52 bits per heavy atom. The Bertz CT molecular complexity index is 860. The van der Waals surface area contributed by atoms with Crippen LogP contribution in [-0.4, -0.2) is 60.0 Å². The third kappa shape index (κ3) is 4.59. The summed E-state index contributed by atoms with van der Waals surface area (Å²) < 4.78 is 5.67. The SMILES string of the molecule is CC1=COc2ccccc2C(=O)N1CCCCN1CCN(c2ccccn2)CC1. The summed E-state index contributed by atoms with van der Waals surface area (Å²) in [6.07, 6.45) is 5.58. The first kappa shape index (κ1) is 19.5. The quantitative estimate of drug-likeness (QED) is 0.706. The van der Waals surface area contributed by atoms with Crippen molar-refractivity contribution in [3.8, 4) is 5.75 Å². The van der Waals surface area contributed by atoms with Crippen molar-refractivity contribution in [2.24, 2.45) is 0 Å². The third-order valence-corrected chi connectivity index (χ3v) is 5.60. The van der Waals surface area contributed by atoms with Crippen LogP contribution in [0.3, 0.4) is 0 Å². The summed E-state index contributed by atoms with van der Waals surface area (Å²) in [7, 11) is 0. The number of rotatable bonds is 6. The van der Waals surface area contributed by atoms with Crippen molar-refractivity contribution in [2.45, 2.75) is 19.8 Å². The first-order valence-electron chi connectivity index (χ1n) is 10.3. The lowest BCUT2D eigenvalue weighted by Gasteiger charge is -2.35. The minimum Gasteiger partial charge on any atom is -0.462 e. The number of hydrogen-bond donors (Lipinski definition) is 0. The van der Waals surface area contributed by atoms with Crippen LogP contribution in [0.5, 0.6) is 5.75 Å². The maximum atomic E-state index is 12.9. The predicted octanol–water partition coefficient (Wildman–Crippen LogP) is 3.38. The number of ether oxygens (including phenoxy) is 1. The molecule has 0 aliphatic carbocycles. The molecule has 1 amide bonds. The van der Waals surface area contributed by atoms with Gasteiger partial charge >= 0.3 is 0 Å². The monoisotopic (exact) mass is 392 g/mol. The van der Waals surface area contributed by atoms with E-state index in [-0.39, 0.29) is 5.91 Å². The number of pyridine rings is 1. The number of piperazine rings is 1. The fourth-order valence-electron chi connectivity index (χ4n) is 3.89. The highest BCUT2D eigenvalue weighted by molar-refractivity contribution is 5.98. The Morgan fingerprint density at radius 1 is 0.966 bits per heavy atom. The van der Waals surface area contributed by atoms with Gasteiger partial charge in [-0.25, -0.2) is 4.98 Å². The van der Waals surface area contributed by atoms with Crippen LogP contribution in [0.25, 0.3) is 0 Å². The Balaban J connectivity index is 1.23. The molecule has 0 saturated carbocycles. The summed E-state index contributed by atoms with van der Waals surface area (Å²) in [6, 6.07) is 13.5. The molecule has 0 spiro atoms. The fourth-order valence-corrected chi connectivity index (χ4v) is 3.89. The lowest BCUT2D eigenvalue weighted by molar-refractivity contribution is 0.0804. The van der Waals surface area contributed by atoms with Crippen molar-refractivity contribution >= 4 is 11.7 Å². The van der Waals surface area contributed by atoms with Crippen molar-refractivity contribution in [3.63, 3.8) is 0 Å². The number of hydrogen-bond acceptors (Lipinski definition) is 5. The van der Waals surface area contributed by atoms with E-state index in [1.165, 1.54) is 0 Å². The van der Waals surface area contributed by atoms with Crippen LogP contribution in [-0.2, 0) is 0 Å². The Hall–Kier alpha value is -2.86. The zero-order chi connectivity index (χ0) is 20.1. The van der Waals surface area contributed by atoms with E-state index in [1.807, 2.05) is 54.4 Å². The number of unbranched alkanes of at least 4 members (excludes halogenated alkanes) is 1. The molecule has 3 heterocycles. The number of amides is 1. The normalized spacial score (nSPS) is 17.4. The lowest BCUT2D eigenvalue weighted by atomic mass is 10.1. The van der Waals surface area contributed by atoms with Crippen LogP contribution in [0.4, 0.5) is 5.82 Å². The molecule has 4 rings (SSSR count). The number of allylic oxidation sites excluding steroid dienone is 1. The van der Waals surface area contributed by atoms with Gasteiger partial charge in [0.25, 0.3) is 5.91 Å². The molecule has 0 radical (unpaired) electrons. The van der Waals surface area contributed by atoms with Crippen molar-refractivity contribution < 1.29 is 9.53 Å². The number of carbonyl (C=O) groups excluding carboxylic acids is 1. The van der Waals surface area contributed by atoms with Crippen molar-refractivity contribution in [2.75, 3.05) is 44.2 Å². The van der Waals surface area contributed by atoms with Gasteiger partial charge in [-0.3, -0.25) is 9.69 Å². The van der Waals surface area contributed by atoms with Gasteiger partial charge in [0.1, 0.15) is 17.8 Å². The van der Waals surface area contributed by atoms with Gasteiger partial charge in [0.05, 0.1) is 11.3 Å². The molecule has 6 heteroatoms. The second-order valence-electron chi connectivity index (χ2n) is 7.55. The third-order valence-electron chi connectivity index (χ3n) is 5.60. The summed E-state index contributed by atoms with van der Waals surface area (Å²) in [6.45, 7) is 7.84. The van der Waals surface area contributed by atoms with Gasteiger partial charge in [-0.2, -0.15) is 0 Å². The molecule has 0 N–H and O–H groups in total. The number of para-hydroxylation sites is 1. The highest BCUT2D eigenvalue weighted by Gasteiger charge is 2.24. The van der Waals surface area contributed by atoms with Crippen LogP contribution in [0, 0.1) is 0 Å². The van der Waals surface area contributed by atoms with E-state index in [1.54, 1.807) is 6.26 Å². The fraction of sp³-hybridized carbons (Fsp3) is 0.391. The molecule has 29 heavy (non-hydrogen) atoms. The topological polar surface area (TPSA) is 48.9 Å². The molecule has 1 saturated heterocycles. The molecule has 0 bridgehead atoms. The number of carbonyl (C=O) groups is 1. The van der Waals surface area contributed by atoms with Gasteiger partial charge in [0.2, 0.25) is 0 Å². The Morgan fingerprint density at radius 2 is 1.72 bits per heavy atom. The molecule has 2 aliphatic heterocycles. The number of benzene rings is 1. The largest absolute Gasteiger partial charge is 0.462 e. The van der Waals surface area contributed by atoms with Crippen molar-refractivity contribution in [1.29, 1.82) is 0 Å². The van der Waals surface area contributed by atoms with Gasteiger partial charge < -0.3 is 14.5 Å². The first-order valence-corrected chi connectivity index (χ1v) is 10.3. The molecule has 152 valence electrons. The maximum Gasteiger partial charge on any atom is 0.261 e. The van der Waals surface area contributed by atoms with E-state index in [9.17, 15) is 4.79 Å². The van der Waals surface area contributed by atoms with E-state index in [2.05, 4.69) is 20.9 Å². The number of nitrogens with zero attached hydrogens (tertiary/aromatic N) is 4. The van der Waals surface area contributed by atoms with E-state index in [0.29, 0.717) is 17.9 Å².